The molecule has 0 aliphatic heterocycles. The number of aromatic hydroxyl groups is 2. The molecule has 1 aromatic rings. The fraction of sp³-hybridized carbons (Fsp3) is 0.143. The van der Waals surface area contributed by atoms with E-state index in [1.165, 1.54) is 12.1 Å². The van der Waals surface area contributed by atoms with Gasteiger partial charge in [0.15, 0.2) is 11.5 Å². The van der Waals surface area contributed by atoms with Gasteiger partial charge in [-0.2, -0.15) is 0 Å². The van der Waals surface area contributed by atoms with Crippen LogP contribution >= 0.6 is 0 Å². The van der Waals surface area contributed by atoms with E-state index in [-0.39, 0.29) is 62.9 Å². The number of benzene rings is 1. The van der Waals surface area contributed by atoms with E-state index in [1.54, 1.807) is 6.07 Å². The van der Waals surface area contributed by atoms with Crippen molar-refractivity contribution in [3.05, 3.63) is 23.8 Å². The molecule has 0 spiro atoms. The molecule has 0 aromatic heterocycles. The summed E-state index contributed by atoms with van der Waals surface area (Å²) in [6, 6.07) is 4.70. The van der Waals surface area contributed by atoms with Crippen LogP contribution in [0.4, 0.5) is 0 Å². The molecule has 0 atom stereocenters. The van der Waals surface area contributed by atoms with Gasteiger partial charge in [-0.1, -0.05) is 6.07 Å². The van der Waals surface area contributed by atoms with Gasteiger partial charge in [-0.3, -0.25) is 0 Å². The summed E-state index contributed by atoms with van der Waals surface area (Å²) in [5, 5.41) is 17.6. The third-order valence-electron chi connectivity index (χ3n) is 1.13. The molecule has 1 rings (SSSR count). The quantitative estimate of drug-likeness (QED) is 0.439. The molecule has 0 radical (unpaired) electrons. The molecule has 0 aliphatic rings. The van der Waals surface area contributed by atoms with Gasteiger partial charge in [-0.05, 0) is 24.6 Å². The van der Waals surface area contributed by atoms with Gasteiger partial charge < -0.3 is 10.2 Å². The summed E-state index contributed by atoms with van der Waals surface area (Å²) in [5.41, 5.74) is 0.935. The molecule has 2 nitrogen and oxygen atoms in total. The third kappa shape index (κ3) is 2.60. The van der Waals surface area contributed by atoms with Crippen molar-refractivity contribution >= 4 is 51.4 Å². The summed E-state index contributed by atoms with van der Waals surface area (Å²) in [4.78, 5) is 0. The zero-order valence-electron chi connectivity index (χ0n) is 5.13. The SMILES string of the molecule is Cc1ccc(O)c(O)c1.[KH]. The Morgan fingerprint density at radius 3 is 2.10 bits per heavy atom. The Morgan fingerprint density at radius 2 is 1.70 bits per heavy atom. The molecule has 10 heavy (non-hydrogen) atoms. The number of phenols is 2. The van der Waals surface area contributed by atoms with E-state index in [1.807, 2.05) is 6.92 Å². The monoisotopic (exact) mass is 164 g/mol. The number of hydrogen-bond acceptors (Lipinski definition) is 2. The van der Waals surface area contributed by atoms with Crippen LogP contribution < -0.4 is 0 Å². The van der Waals surface area contributed by atoms with Crippen LogP contribution in [0.15, 0.2) is 18.2 Å². The predicted molar refractivity (Wildman–Crippen MR) is 41.7 cm³/mol. The van der Waals surface area contributed by atoms with E-state index in [4.69, 9.17) is 10.2 Å². The first-order chi connectivity index (χ1) is 4.20. The van der Waals surface area contributed by atoms with Crippen LogP contribution in [0.1, 0.15) is 5.56 Å². The molecular formula is C7H9KO2. The van der Waals surface area contributed by atoms with Gasteiger partial charge in [-0.15, -0.1) is 0 Å². The molecule has 1 aromatic carbocycles. The molecule has 0 amide bonds. The Balaban J connectivity index is 0.000000810. The zero-order chi connectivity index (χ0) is 6.85. The van der Waals surface area contributed by atoms with Gasteiger partial charge in [0.05, 0.1) is 0 Å². The van der Waals surface area contributed by atoms with E-state index >= 15 is 0 Å². The normalized spacial score (nSPS) is 8.50. The van der Waals surface area contributed by atoms with Crippen LogP contribution in [0.3, 0.4) is 0 Å². The maximum absolute atomic E-state index is 8.85. The van der Waals surface area contributed by atoms with Crippen LogP contribution in [0, 0.1) is 6.92 Å². The Labute approximate surface area is 102 Å². The average molecular weight is 164 g/mol. The standard InChI is InChI=1S/C7H8O2.K.H/c1-5-2-3-6(8)7(9)4-5;;/h2-4,8-9H,1H3;;. The molecule has 50 valence electrons. The first-order valence-corrected chi connectivity index (χ1v) is 2.69. The minimum atomic E-state index is -0.0689. The van der Waals surface area contributed by atoms with Gasteiger partial charge in [-0.25, -0.2) is 0 Å². The van der Waals surface area contributed by atoms with Crippen molar-refractivity contribution in [1.82, 2.24) is 0 Å². The molecule has 0 bridgehead atoms. The van der Waals surface area contributed by atoms with E-state index < -0.39 is 0 Å². The molecular weight excluding hydrogens is 155 g/mol. The van der Waals surface area contributed by atoms with Crippen molar-refractivity contribution in [2.24, 2.45) is 0 Å². The van der Waals surface area contributed by atoms with Crippen LogP contribution in [-0.2, 0) is 0 Å². The Bertz CT molecular complexity index is 223. The van der Waals surface area contributed by atoms with Gasteiger partial charge >= 0.3 is 51.4 Å². The second-order valence-corrected chi connectivity index (χ2v) is 1.99. The van der Waals surface area contributed by atoms with Gasteiger partial charge in [0, 0.05) is 0 Å². The molecule has 0 saturated carbocycles. The van der Waals surface area contributed by atoms with Gasteiger partial charge in [0.2, 0.25) is 0 Å². The summed E-state index contributed by atoms with van der Waals surface area (Å²) in [6.07, 6.45) is 0. The molecule has 0 heterocycles. The number of hydrogen-bond donors (Lipinski definition) is 2. The van der Waals surface area contributed by atoms with E-state index in [2.05, 4.69) is 0 Å². The van der Waals surface area contributed by atoms with E-state index in [0.29, 0.717) is 0 Å². The van der Waals surface area contributed by atoms with Crippen LogP contribution in [0.25, 0.3) is 0 Å². The topological polar surface area (TPSA) is 40.5 Å². The zero-order valence-corrected chi connectivity index (χ0v) is 5.13. The molecule has 0 saturated heterocycles. The minimum absolute atomic E-state index is 0. The number of aryl methyl sites for hydroxylation is 1. The van der Waals surface area contributed by atoms with E-state index in [9.17, 15) is 0 Å². The summed E-state index contributed by atoms with van der Waals surface area (Å²) < 4.78 is 0. The van der Waals surface area contributed by atoms with Crippen molar-refractivity contribution in [2.75, 3.05) is 0 Å². The van der Waals surface area contributed by atoms with Crippen molar-refractivity contribution < 1.29 is 10.2 Å². The summed E-state index contributed by atoms with van der Waals surface area (Å²) >= 11 is 0. The molecule has 0 unspecified atom stereocenters. The molecule has 0 aliphatic carbocycles. The van der Waals surface area contributed by atoms with E-state index in [0.717, 1.165) is 5.56 Å². The van der Waals surface area contributed by atoms with Gasteiger partial charge in [0.1, 0.15) is 0 Å². The van der Waals surface area contributed by atoms with Crippen molar-refractivity contribution in [3.8, 4) is 11.5 Å². The van der Waals surface area contributed by atoms with Gasteiger partial charge in [0.25, 0.3) is 0 Å². The Hall–Kier alpha value is 0.456. The van der Waals surface area contributed by atoms with Crippen LogP contribution in [0.2, 0.25) is 0 Å². The summed E-state index contributed by atoms with van der Waals surface area (Å²) in [6.45, 7) is 1.85. The second kappa shape index (κ2) is 4.36. The fourth-order valence-electron chi connectivity index (χ4n) is 0.633. The van der Waals surface area contributed by atoms with Crippen molar-refractivity contribution in [2.45, 2.75) is 6.92 Å². The number of rotatable bonds is 0. The van der Waals surface area contributed by atoms with Crippen LogP contribution in [-0.4, -0.2) is 61.6 Å². The second-order valence-electron chi connectivity index (χ2n) is 1.99. The Morgan fingerprint density at radius 1 is 1.10 bits per heavy atom. The average Bonchev–Trinajstić information content (AvgIpc) is 1.80. The first kappa shape index (κ1) is 10.5. The van der Waals surface area contributed by atoms with Crippen molar-refractivity contribution in [3.63, 3.8) is 0 Å². The van der Waals surface area contributed by atoms with Crippen LogP contribution in [0.5, 0.6) is 11.5 Å². The Kier molecular flexibility index (Phi) is 4.56. The molecule has 0 fully saturated rings. The fourth-order valence-corrected chi connectivity index (χ4v) is 0.633. The summed E-state index contributed by atoms with van der Waals surface area (Å²) in [5.74, 6) is -0.129. The number of phenolic OH excluding ortho intramolecular Hbond substituents is 2. The first-order valence-electron chi connectivity index (χ1n) is 2.69. The maximum atomic E-state index is 8.85. The predicted octanol–water partition coefficient (Wildman–Crippen LogP) is 0.758. The summed E-state index contributed by atoms with van der Waals surface area (Å²) in [7, 11) is 0. The third-order valence-corrected chi connectivity index (χ3v) is 1.13. The van der Waals surface area contributed by atoms with Crippen molar-refractivity contribution in [1.29, 1.82) is 0 Å². The molecule has 2 N–H and O–H groups in total. The molecule has 3 heteroatoms.